The Kier molecular flexibility index (Phi) is 5.84. The fraction of sp³-hybridized carbons (Fsp3) is 0.471. The largest absolute Gasteiger partial charge is 0.493 e. The van der Waals surface area contributed by atoms with Crippen LogP contribution in [0.1, 0.15) is 12.8 Å². The minimum Gasteiger partial charge on any atom is -0.493 e. The maximum Gasteiger partial charge on any atom is 0.322 e. The molecular weight excluding hydrogens is 388 g/mol. The number of rotatable bonds is 6. The molecule has 0 unspecified atom stereocenters. The van der Waals surface area contributed by atoms with Crippen LogP contribution < -0.4 is 14.8 Å². The molecule has 1 N–H and O–H groups in total. The lowest BCUT2D eigenvalue weighted by Crippen LogP contribution is -2.40. The topological polar surface area (TPSA) is 124 Å². The number of aromatic nitrogens is 2. The van der Waals surface area contributed by atoms with Crippen molar-refractivity contribution in [1.82, 2.24) is 14.5 Å². The molecule has 1 aliphatic heterocycles. The lowest BCUT2D eigenvalue weighted by molar-refractivity contribution is -0.121. The van der Waals surface area contributed by atoms with Gasteiger partial charge in [0.15, 0.2) is 11.5 Å². The molecule has 2 aromatic rings. The Morgan fingerprint density at radius 1 is 1.18 bits per heavy atom. The third kappa shape index (κ3) is 4.42. The van der Waals surface area contributed by atoms with Crippen molar-refractivity contribution in [3.8, 4) is 23.0 Å². The molecule has 1 aromatic heterocycles. The van der Waals surface area contributed by atoms with Crippen molar-refractivity contribution < 1.29 is 27.1 Å². The van der Waals surface area contributed by atoms with E-state index in [2.05, 4.69) is 15.5 Å². The first-order valence-electron chi connectivity index (χ1n) is 8.63. The first-order chi connectivity index (χ1) is 13.3. The van der Waals surface area contributed by atoms with Gasteiger partial charge in [-0.2, -0.15) is 0 Å². The fourth-order valence-electron chi connectivity index (χ4n) is 3.02. The molecule has 0 saturated carbocycles. The van der Waals surface area contributed by atoms with Crippen molar-refractivity contribution in [1.29, 1.82) is 0 Å². The lowest BCUT2D eigenvalue weighted by Gasteiger charge is -2.29. The molecule has 1 amide bonds. The monoisotopic (exact) mass is 410 g/mol. The van der Waals surface area contributed by atoms with Gasteiger partial charge in [0.25, 0.3) is 0 Å². The van der Waals surface area contributed by atoms with E-state index in [9.17, 15) is 13.2 Å². The van der Waals surface area contributed by atoms with Gasteiger partial charge >= 0.3 is 6.01 Å². The van der Waals surface area contributed by atoms with Crippen molar-refractivity contribution in [2.45, 2.75) is 12.8 Å². The molecule has 1 fully saturated rings. The van der Waals surface area contributed by atoms with E-state index < -0.39 is 10.0 Å². The first kappa shape index (κ1) is 20.1. The van der Waals surface area contributed by atoms with Gasteiger partial charge in [-0.3, -0.25) is 10.1 Å². The molecule has 152 valence electrons. The third-order valence-corrected chi connectivity index (χ3v) is 5.88. The van der Waals surface area contributed by atoms with Gasteiger partial charge in [-0.05, 0) is 31.0 Å². The number of nitrogens with one attached hydrogen (secondary N) is 1. The van der Waals surface area contributed by atoms with Crippen LogP contribution in [-0.4, -0.2) is 62.4 Å². The Bertz CT molecular complexity index is 950. The van der Waals surface area contributed by atoms with Gasteiger partial charge in [0.05, 0.1) is 20.5 Å². The van der Waals surface area contributed by atoms with Crippen molar-refractivity contribution in [3.63, 3.8) is 0 Å². The van der Waals surface area contributed by atoms with E-state index in [0.717, 1.165) is 0 Å². The second-order valence-electron chi connectivity index (χ2n) is 6.41. The molecule has 0 atom stereocenters. The number of nitrogens with zero attached hydrogens (tertiary/aromatic N) is 3. The van der Waals surface area contributed by atoms with Crippen LogP contribution in [0.3, 0.4) is 0 Å². The average Bonchev–Trinajstić information content (AvgIpc) is 3.15. The van der Waals surface area contributed by atoms with Crippen LogP contribution in [0.25, 0.3) is 11.5 Å². The van der Waals surface area contributed by atoms with Crippen LogP contribution in [-0.2, 0) is 14.8 Å². The summed E-state index contributed by atoms with van der Waals surface area (Å²) in [6.45, 7) is 0.634. The summed E-state index contributed by atoms with van der Waals surface area (Å²) < 4.78 is 40.4. The van der Waals surface area contributed by atoms with E-state index >= 15 is 0 Å². The van der Waals surface area contributed by atoms with Gasteiger partial charge < -0.3 is 13.9 Å². The smallest absolute Gasteiger partial charge is 0.322 e. The second-order valence-corrected chi connectivity index (χ2v) is 8.39. The summed E-state index contributed by atoms with van der Waals surface area (Å²) in [6.07, 6.45) is 2.05. The number of carbonyl (C=O) groups is 1. The number of benzene rings is 1. The van der Waals surface area contributed by atoms with E-state index in [4.69, 9.17) is 13.9 Å². The van der Waals surface area contributed by atoms with Crippen LogP contribution in [0, 0.1) is 5.92 Å². The van der Waals surface area contributed by atoms with E-state index in [1.165, 1.54) is 24.8 Å². The molecule has 1 aromatic carbocycles. The summed E-state index contributed by atoms with van der Waals surface area (Å²) in [5.41, 5.74) is 0.618. The highest BCUT2D eigenvalue weighted by atomic mass is 32.2. The number of sulfonamides is 1. The Hall–Kier alpha value is -2.66. The number of ether oxygens (including phenoxy) is 2. The first-order valence-corrected chi connectivity index (χ1v) is 10.5. The highest BCUT2D eigenvalue weighted by Gasteiger charge is 2.29. The molecule has 1 aliphatic rings. The minimum absolute atomic E-state index is 0.0136. The van der Waals surface area contributed by atoms with E-state index in [1.54, 1.807) is 18.2 Å². The van der Waals surface area contributed by atoms with Crippen molar-refractivity contribution in [3.05, 3.63) is 18.2 Å². The van der Waals surface area contributed by atoms with Crippen LogP contribution in [0.5, 0.6) is 11.5 Å². The summed E-state index contributed by atoms with van der Waals surface area (Å²) in [4.78, 5) is 12.4. The van der Waals surface area contributed by atoms with Gasteiger partial charge in [-0.1, -0.05) is 5.10 Å². The zero-order chi connectivity index (χ0) is 20.3. The molecule has 11 heteroatoms. The minimum atomic E-state index is -3.23. The Morgan fingerprint density at radius 2 is 1.86 bits per heavy atom. The molecule has 0 radical (unpaired) electrons. The predicted molar refractivity (Wildman–Crippen MR) is 101 cm³/mol. The number of piperidine rings is 1. The summed E-state index contributed by atoms with van der Waals surface area (Å²) >= 11 is 0. The van der Waals surface area contributed by atoms with Crippen molar-refractivity contribution in [2.24, 2.45) is 5.92 Å². The highest BCUT2D eigenvalue weighted by molar-refractivity contribution is 7.88. The van der Waals surface area contributed by atoms with Gasteiger partial charge in [-0.25, -0.2) is 12.7 Å². The summed E-state index contributed by atoms with van der Waals surface area (Å²) in [6, 6.07) is 5.13. The molecule has 10 nitrogen and oxygen atoms in total. The standard InChI is InChI=1S/C17H22N4O6S/c1-25-13-5-4-12(10-14(13)26-2)16-19-20-17(27-16)18-15(22)11-6-8-21(9-7-11)28(3,23)24/h4-5,10-11H,6-9H2,1-3H3,(H,18,20,22). The normalized spacial score (nSPS) is 16.0. The van der Waals surface area contributed by atoms with Crippen LogP contribution in [0.4, 0.5) is 6.01 Å². The summed E-state index contributed by atoms with van der Waals surface area (Å²) in [5, 5.41) is 10.4. The van der Waals surface area contributed by atoms with Crippen LogP contribution >= 0.6 is 0 Å². The summed E-state index contributed by atoms with van der Waals surface area (Å²) in [5.74, 6) is 0.731. The predicted octanol–water partition coefficient (Wildman–Crippen LogP) is 1.36. The van der Waals surface area contributed by atoms with Gasteiger partial charge in [-0.15, -0.1) is 5.10 Å². The number of anilines is 1. The van der Waals surface area contributed by atoms with Gasteiger partial charge in [0.2, 0.25) is 21.8 Å². The Balaban J connectivity index is 1.64. The Morgan fingerprint density at radius 3 is 2.46 bits per heavy atom. The van der Waals surface area contributed by atoms with Crippen molar-refractivity contribution >= 4 is 21.9 Å². The SMILES string of the molecule is COc1ccc(-c2nnc(NC(=O)C3CCN(S(C)(=O)=O)CC3)o2)cc1OC. The molecule has 3 rings (SSSR count). The summed E-state index contributed by atoms with van der Waals surface area (Å²) in [7, 11) is -0.167. The number of methoxy groups -OCH3 is 2. The fourth-order valence-corrected chi connectivity index (χ4v) is 3.89. The quantitative estimate of drug-likeness (QED) is 0.757. The van der Waals surface area contributed by atoms with Gasteiger partial charge in [0, 0.05) is 24.6 Å². The molecule has 0 aliphatic carbocycles. The molecule has 0 bridgehead atoms. The number of amides is 1. The van der Waals surface area contributed by atoms with E-state index in [0.29, 0.717) is 43.0 Å². The van der Waals surface area contributed by atoms with Crippen molar-refractivity contribution in [2.75, 3.05) is 38.9 Å². The zero-order valence-electron chi connectivity index (χ0n) is 15.8. The average molecular weight is 410 g/mol. The lowest BCUT2D eigenvalue weighted by atomic mass is 9.97. The molecular formula is C17H22N4O6S. The number of hydrogen-bond acceptors (Lipinski definition) is 8. The molecule has 28 heavy (non-hydrogen) atoms. The number of hydrogen-bond donors (Lipinski definition) is 1. The molecule has 2 heterocycles. The Labute approximate surface area is 162 Å². The third-order valence-electron chi connectivity index (χ3n) is 4.58. The highest BCUT2D eigenvalue weighted by Crippen LogP contribution is 2.32. The van der Waals surface area contributed by atoms with Crippen LogP contribution in [0.15, 0.2) is 22.6 Å². The number of carbonyl (C=O) groups excluding carboxylic acids is 1. The van der Waals surface area contributed by atoms with Gasteiger partial charge in [0.1, 0.15) is 0 Å². The maximum absolute atomic E-state index is 12.4. The molecule has 1 saturated heterocycles. The zero-order valence-corrected chi connectivity index (χ0v) is 16.7. The maximum atomic E-state index is 12.4. The second kappa shape index (κ2) is 8.15. The van der Waals surface area contributed by atoms with Crippen LogP contribution in [0.2, 0.25) is 0 Å². The van der Waals surface area contributed by atoms with E-state index in [1.807, 2.05) is 0 Å². The molecule has 0 spiro atoms. The van der Waals surface area contributed by atoms with E-state index in [-0.39, 0.29) is 23.7 Å².